The van der Waals surface area contributed by atoms with Gasteiger partial charge in [0, 0.05) is 36.5 Å². The molecule has 11 heteroatoms. The summed E-state index contributed by atoms with van der Waals surface area (Å²) in [5.41, 5.74) is 2.55. The normalized spacial score (nSPS) is 12.0. The molecular weight excluding hydrogens is 668 g/mol. The van der Waals surface area contributed by atoms with Gasteiger partial charge in [-0.1, -0.05) is 24.3 Å². The van der Waals surface area contributed by atoms with Crippen molar-refractivity contribution >= 4 is 5.78 Å². The first-order valence-corrected chi connectivity index (χ1v) is 17.1. The predicted molar refractivity (Wildman–Crippen MR) is 198 cm³/mol. The van der Waals surface area contributed by atoms with Crippen LogP contribution in [0.4, 0.5) is 0 Å². The summed E-state index contributed by atoms with van der Waals surface area (Å²) < 4.78 is 57.5. The maximum Gasteiger partial charge on any atom is 0.164 e. The van der Waals surface area contributed by atoms with Crippen molar-refractivity contribution in [3.05, 3.63) is 95.1 Å². The highest BCUT2D eigenvalue weighted by Crippen LogP contribution is 2.47. The molecule has 4 aromatic carbocycles. The summed E-state index contributed by atoms with van der Waals surface area (Å²) >= 11 is 0. The summed E-state index contributed by atoms with van der Waals surface area (Å²) in [6, 6.07) is 21.9. The molecule has 0 bridgehead atoms. The Kier molecular flexibility index (Phi) is 15.3. The van der Waals surface area contributed by atoms with E-state index in [9.17, 15) is 0 Å². The van der Waals surface area contributed by atoms with Crippen molar-refractivity contribution in [3.8, 4) is 46.0 Å². The summed E-state index contributed by atoms with van der Waals surface area (Å²) in [5.74, 6) is 2.05. The molecule has 0 N–H and O–H groups in total. The molecule has 4 rings (SSSR count). The molecule has 0 saturated carbocycles. The van der Waals surface area contributed by atoms with E-state index in [0.29, 0.717) is 94.7 Å². The highest BCUT2D eigenvalue weighted by atomic mass is 16.5. The van der Waals surface area contributed by atoms with Crippen LogP contribution in [0.3, 0.4) is 0 Å². The number of ether oxygens (including phenoxy) is 10. The minimum atomic E-state index is -0.873. The second-order valence-electron chi connectivity index (χ2n) is 11.4. The van der Waals surface area contributed by atoms with Crippen molar-refractivity contribution < 1.29 is 52.2 Å². The molecule has 0 radical (unpaired) electrons. The molecule has 280 valence electrons. The second kappa shape index (κ2) is 20.0. The zero-order valence-corrected chi connectivity index (χ0v) is 31.3. The van der Waals surface area contributed by atoms with Crippen LogP contribution in [0, 0.1) is 0 Å². The number of methoxy groups -OCH3 is 6. The van der Waals surface area contributed by atoms with Gasteiger partial charge in [0.15, 0.2) is 28.8 Å². The Hall–Kier alpha value is -5.13. The van der Waals surface area contributed by atoms with Gasteiger partial charge in [-0.3, -0.25) is 4.79 Å². The molecule has 0 heterocycles. The number of carbonyl (C=O) groups excluding carboxylic acids is 1. The van der Waals surface area contributed by atoms with Crippen LogP contribution in [0.2, 0.25) is 0 Å². The largest absolute Gasteiger partial charge is 0.497 e. The number of ketones is 1. The lowest BCUT2D eigenvalue weighted by molar-refractivity contribution is -0.120. The lowest BCUT2D eigenvalue weighted by Gasteiger charge is -2.28. The van der Waals surface area contributed by atoms with E-state index in [-0.39, 0.29) is 19.0 Å². The third-order valence-electron chi connectivity index (χ3n) is 8.50. The van der Waals surface area contributed by atoms with Gasteiger partial charge in [-0.15, -0.1) is 0 Å². The van der Waals surface area contributed by atoms with E-state index < -0.39 is 11.8 Å². The summed E-state index contributed by atoms with van der Waals surface area (Å²) in [4.78, 5) is 15.7. The smallest absolute Gasteiger partial charge is 0.164 e. The number of hydrogen-bond acceptors (Lipinski definition) is 11. The first kappa shape index (κ1) is 39.7. The Balaban J connectivity index is 1.99. The molecule has 0 aromatic heterocycles. The van der Waals surface area contributed by atoms with Crippen LogP contribution in [0.1, 0.15) is 47.9 Å². The third kappa shape index (κ3) is 9.59. The summed E-state index contributed by atoms with van der Waals surface area (Å²) in [6.45, 7) is 6.28. The van der Waals surface area contributed by atoms with Crippen LogP contribution in [-0.4, -0.2) is 88.1 Å². The van der Waals surface area contributed by atoms with E-state index in [0.717, 1.165) is 0 Å². The fourth-order valence-corrected chi connectivity index (χ4v) is 5.93. The third-order valence-corrected chi connectivity index (χ3v) is 8.50. The number of benzene rings is 4. The highest BCUT2D eigenvalue weighted by molar-refractivity contribution is 5.98. The van der Waals surface area contributed by atoms with Gasteiger partial charge in [-0.05, 0) is 61.4 Å². The SMILES string of the molecule is CCOCCOc1cc(C(C(=O)C(c2ccc(OC)cc2)c2cc(OCCOCC)c(OC)cc2OC)c2ccc(OC)cc2)c(OC)cc1OC. The Morgan fingerprint density at radius 1 is 0.462 bits per heavy atom. The van der Waals surface area contributed by atoms with Gasteiger partial charge in [0.2, 0.25) is 0 Å². The van der Waals surface area contributed by atoms with E-state index in [1.54, 1.807) is 66.9 Å². The molecule has 2 atom stereocenters. The monoisotopic (exact) mass is 718 g/mol. The maximum absolute atomic E-state index is 15.7. The van der Waals surface area contributed by atoms with Gasteiger partial charge >= 0.3 is 0 Å². The lowest BCUT2D eigenvalue weighted by Crippen LogP contribution is -2.24. The first-order valence-electron chi connectivity index (χ1n) is 17.1. The molecule has 0 amide bonds. The molecule has 2 unspecified atom stereocenters. The molecule has 0 aliphatic carbocycles. The van der Waals surface area contributed by atoms with E-state index in [2.05, 4.69) is 0 Å². The summed E-state index contributed by atoms with van der Waals surface area (Å²) in [7, 11) is 9.42. The topological polar surface area (TPSA) is 109 Å². The van der Waals surface area contributed by atoms with Gasteiger partial charge in [-0.2, -0.15) is 0 Å². The lowest BCUT2D eigenvalue weighted by atomic mass is 9.76. The predicted octanol–water partition coefficient (Wildman–Crippen LogP) is 7.10. The number of hydrogen-bond donors (Lipinski definition) is 0. The van der Waals surface area contributed by atoms with Crippen molar-refractivity contribution in [3.63, 3.8) is 0 Å². The van der Waals surface area contributed by atoms with Crippen molar-refractivity contribution in [2.24, 2.45) is 0 Å². The molecule has 52 heavy (non-hydrogen) atoms. The fourth-order valence-electron chi connectivity index (χ4n) is 5.93. The quantitative estimate of drug-likeness (QED) is 0.0777. The average Bonchev–Trinajstić information content (AvgIpc) is 3.18. The zero-order valence-electron chi connectivity index (χ0n) is 31.3. The van der Waals surface area contributed by atoms with Crippen molar-refractivity contribution in [1.29, 1.82) is 0 Å². The molecule has 0 fully saturated rings. The number of Topliss-reactive ketones (excluding diaryl/α,β-unsaturated/α-hetero) is 1. The Labute approximate surface area is 306 Å². The molecule has 0 aliphatic heterocycles. The minimum Gasteiger partial charge on any atom is -0.497 e. The van der Waals surface area contributed by atoms with Gasteiger partial charge in [0.1, 0.15) is 36.2 Å². The Morgan fingerprint density at radius 3 is 1.13 bits per heavy atom. The average molecular weight is 719 g/mol. The molecule has 4 aromatic rings. The molecule has 11 nitrogen and oxygen atoms in total. The van der Waals surface area contributed by atoms with E-state index in [1.165, 1.54) is 0 Å². The van der Waals surface area contributed by atoms with Gasteiger partial charge in [0.05, 0.1) is 67.7 Å². The van der Waals surface area contributed by atoms with E-state index in [1.807, 2.05) is 62.4 Å². The van der Waals surface area contributed by atoms with Crippen LogP contribution >= 0.6 is 0 Å². The molecule has 0 aliphatic rings. The fraction of sp³-hybridized carbons (Fsp3) is 0.390. The van der Waals surface area contributed by atoms with Gasteiger partial charge in [-0.25, -0.2) is 0 Å². The van der Waals surface area contributed by atoms with Crippen LogP contribution in [0.25, 0.3) is 0 Å². The van der Waals surface area contributed by atoms with Crippen LogP contribution in [0.5, 0.6) is 46.0 Å². The van der Waals surface area contributed by atoms with Crippen LogP contribution in [0.15, 0.2) is 72.8 Å². The van der Waals surface area contributed by atoms with Gasteiger partial charge in [0.25, 0.3) is 0 Å². The van der Waals surface area contributed by atoms with E-state index in [4.69, 9.17) is 47.4 Å². The van der Waals surface area contributed by atoms with Crippen molar-refractivity contribution in [2.45, 2.75) is 25.7 Å². The molecule has 0 saturated heterocycles. The number of carbonyl (C=O) groups is 1. The maximum atomic E-state index is 15.7. The second-order valence-corrected chi connectivity index (χ2v) is 11.4. The Bertz CT molecular complexity index is 1580. The van der Waals surface area contributed by atoms with Crippen LogP contribution in [-0.2, 0) is 14.3 Å². The standard InChI is InChI=1S/C41H50O11/c1-9-49-19-21-51-37-23-31(33(45-5)25-35(37)47-7)39(27-11-15-29(43-3)16-12-27)41(42)40(28-13-17-30(44-4)18-14-28)32-24-38(52-22-20-50-10-2)36(48-8)26-34(32)46-6/h11-18,23-26,39-40H,9-10,19-22H2,1-8H3. The van der Waals surface area contributed by atoms with Gasteiger partial charge < -0.3 is 47.4 Å². The molecular formula is C41H50O11. The Morgan fingerprint density at radius 2 is 0.827 bits per heavy atom. The first-order chi connectivity index (χ1) is 25.4. The van der Waals surface area contributed by atoms with Crippen molar-refractivity contribution in [1.82, 2.24) is 0 Å². The zero-order chi connectivity index (χ0) is 37.5. The van der Waals surface area contributed by atoms with E-state index >= 15 is 4.79 Å². The minimum absolute atomic E-state index is 0.178. The van der Waals surface area contributed by atoms with Crippen LogP contribution < -0.4 is 37.9 Å². The van der Waals surface area contributed by atoms with Crippen molar-refractivity contribution in [2.75, 3.05) is 82.3 Å². The number of rotatable bonds is 22. The highest BCUT2D eigenvalue weighted by Gasteiger charge is 2.37. The summed E-state index contributed by atoms with van der Waals surface area (Å²) in [5, 5.41) is 0. The summed E-state index contributed by atoms with van der Waals surface area (Å²) in [6.07, 6.45) is 0. The molecule has 0 spiro atoms.